The van der Waals surface area contributed by atoms with Gasteiger partial charge in [0.15, 0.2) is 0 Å². The van der Waals surface area contributed by atoms with Crippen molar-refractivity contribution in [3.63, 3.8) is 0 Å². The van der Waals surface area contributed by atoms with Crippen LogP contribution in [0.15, 0.2) is 23.1 Å². The van der Waals surface area contributed by atoms with Crippen LogP contribution in [-0.4, -0.2) is 56.2 Å². The fraction of sp³-hybridized carbons (Fsp3) is 0.500. The maximum atomic E-state index is 12.6. The van der Waals surface area contributed by atoms with E-state index in [0.29, 0.717) is 37.6 Å². The Kier molecular flexibility index (Phi) is 4.65. The van der Waals surface area contributed by atoms with Gasteiger partial charge in [-0.3, -0.25) is 10.3 Å². The number of hydrogen-bond donors (Lipinski definition) is 2. The van der Waals surface area contributed by atoms with E-state index in [-0.39, 0.29) is 5.84 Å². The maximum absolute atomic E-state index is 12.6. The van der Waals surface area contributed by atoms with E-state index in [9.17, 15) is 8.42 Å². The number of aryl methyl sites for hydroxylation is 2. The molecule has 7 heteroatoms. The van der Waals surface area contributed by atoms with Gasteiger partial charge < -0.3 is 5.73 Å². The third-order valence-electron chi connectivity index (χ3n) is 3.84. The smallest absolute Gasteiger partial charge is 0.243 e. The second kappa shape index (κ2) is 6.13. The zero-order valence-corrected chi connectivity index (χ0v) is 13.3. The molecule has 1 fully saturated rings. The second-order valence-electron chi connectivity index (χ2n) is 5.45. The second-order valence-corrected chi connectivity index (χ2v) is 7.39. The van der Waals surface area contributed by atoms with Crippen molar-refractivity contribution in [3.05, 3.63) is 29.3 Å². The summed E-state index contributed by atoms with van der Waals surface area (Å²) in [5.41, 5.74) is 7.44. The first-order valence-electron chi connectivity index (χ1n) is 6.93. The molecule has 1 heterocycles. The number of piperazine rings is 1. The largest absolute Gasteiger partial charge is 0.387 e. The average molecular weight is 310 g/mol. The van der Waals surface area contributed by atoms with Crippen LogP contribution in [0, 0.1) is 19.3 Å². The third-order valence-corrected chi connectivity index (χ3v) is 5.74. The summed E-state index contributed by atoms with van der Waals surface area (Å²) < 4.78 is 26.7. The van der Waals surface area contributed by atoms with Gasteiger partial charge in [-0.05, 0) is 37.1 Å². The highest BCUT2D eigenvalue weighted by Gasteiger charge is 2.28. The minimum Gasteiger partial charge on any atom is -0.387 e. The Morgan fingerprint density at radius 1 is 1.19 bits per heavy atom. The van der Waals surface area contributed by atoms with E-state index in [1.165, 1.54) is 4.31 Å². The average Bonchev–Trinajstić information content (AvgIpc) is 2.41. The highest BCUT2D eigenvalue weighted by molar-refractivity contribution is 7.89. The minimum atomic E-state index is -3.43. The third kappa shape index (κ3) is 3.61. The SMILES string of the molecule is Cc1ccc(S(=O)(=O)N2CCN(CC(=N)N)CC2)cc1C. The van der Waals surface area contributed by atoms with Gasteiger partial charge in [0.2, 0.25) is 10.0 Å². The minimum absolute atomic E-state index is 0.112. The highest BCUT2D eigenvalue weighted by Crippen LogP contribution is 2.20. The van der Waals surface area contributed by atoms with Gasteiger partial charge in [-0.1, -0.05) is 6.07 Å². The molecule has 0 saturated carbocycles. The molecule has 1 aromatic carbocycles. The normalized spacial score (nSPS) is 17.8. The van der Waals surface area contributed by atoms with Crippen molar-refractivity contribution in [1.82, 2.24) is 9.21 Å². The summed E-state index contributed by atoms with van der Waals surface area (Å²) in [6.45, 7) is 6.35. The number of hydrogen-bond acceptors (Lipinski definition) is 4. The van der Waals surface area contributed by atoms with Gasteiger partial charge in [0.1, 0.15) is 5.84 Å². The van der Waals surface area contributed by atoms with Crippen LogP contribution in [-0.2, 0) is 10.0 Å². The molecule has 1 aromatic rings. The number of nitrogens with two attached hydrogens (primary N) is 1. The first-order chi connectivity index (χ1) is 9.80. The van der Waals surface area contributed by atoms with Crippen molar-refractivity contribution in [2.24, 2.45) is 5.73 Å². The lowest BCUT2D eigenvalue weighted by Gasteiger charge is -2.33. The molecular weight excluding hydrogens is 288 g/mol. The van der Waals surface area contributed by atoms with Crippen LogP contribution in [0.1, 0.15) is 11.1 Å². The molecule has 0 unspecified atom stereocenters. The maximum Gasteiger partial charge on any atom is 0.243 e. The summed E-state index contributed by atoms with van der Waals surface area (Å²) in [5.74, 6) is 0.112. The van der Waals surface area contributed by atoms with Gasteiger partial charge in [0.25, 0.3) is 0 Å². The summed E-state index contributed by atoms with van der Waals surface area (Å²) in [7, 11) is -3.43. The highest BCUT2D eigenvalue weighted by atomic mass is 32.2. The molecule has 116 valence electrons. The quantitative estimate of drug-likeness (QED) is 0.627. The topological polar surface area (TPSA) is 90.5 Å². The van der Waals surface area contributed by atoms with Crippen molar-refractivity contribution in [3.8, 4) is 0 Å². The van der Waals surface area contributed by atoms with Crippen molar-refractivity contribution in [1.29, 1.82) is 5.41 Å². The lowest BCUT2D eigenvalue weighted by atomic mass is 10.1. The Morgan fingerprint density at radius 2 is 1.81 bits per heavy atom. The molecule has 0 aromatic heterocycles. The van der Waals surface area contributed by atoms with Crippen LogP contribution >= 0.6 is 0 Å². The molecule has 6 nitrogen and oxygen atoms in total. The van der Waals surface area contributed by atoms with Crippen LogP contribution in [0.25, 0.3) is 0 Å². The standard InChI is InChI=1S/C14H22N4O2S/c1-11-3-4-13(9-12(11)2)21(19,20)18-7-5-17(6-8-18)10-14(15)16/h3-4,9H,5-8,10H2,1-2H3,(H3,15,16). The predicted octanol–water partition coefficient (Wildman–Crippen LogP) is 0.546. The first kappa shape index (κ1) is 15.9. The van der Waals surface area contributed by atoms with E-state index in [1.54, 1.807) is 12.1 Å². The van der Waals surface area contributed by atoms with Crippen molar-refractivity contribution < 1.29 is 8.42 Å². The number of rotatable bonds is 4. The number of amidine groups is 1. The molecule has 1 aliphatic heterocycles. The first-order valence-corrected chi connectivity index (χ1v) is 8.37. The van der Waals surface area contributed by atoms with Gasteiger partial charge in [-0.25, -0.2) is 8.42 Å². The predicted molar refractivity (Wildman–Crippen MR) is 83.0 cm³/mol. The monoisotopic (exact) mass is 310 g/mol. The lowest BCUT2D eigenvalue weighted by molar-refractivity contribution is 0.209. The van der Waals surface area contributed by atoms with E-state index in [4.69, 9.17) is 11.1 Å². The van der Waals surface area contributed by atoms with E-state index in [1.807, 2.05) is 24.8 Å². The van der Waals surface area contributed by atoms with Crippen molar-refractivity contribution >= 4 is 15.9 Å². The van der Waals surface area contributed by atoms with Gasteiger partial charge in [-0.15, -0.1) is 0 Å². The van der Waals surface area contributed by atoms with E-state index in [2.05, 4.69) is 0 Å². The Labute approximate surface area is 126 Å². The number of sulfonamides is 1. The molecule has 0 bridgehead atoms. The fourth-order valence-electron chi connectivity index (χ4n) is 2.39. The van der Waals surface area contributed by atoms with Crippen molar-refractivity contribution in [2.45, 2.75) is 18.7 Å². The number of nitrogens with zero attached hydrogens (tertiary/aromatic N) is 2. The summed E-state index contributed by atoms with van der Waals surface area (Å²) in [6, 6.07) is 5.24. The zero-order chi connectivity index (χ0) is 15.6. The molecule has 0 radical (unpaired) electrons. The fourth-order valence-corrected chi connectivity index (χ4v) is 3.90. The van der Waals surface area contributed by atoms with E-state index >= 15 is 0 Å². The summed E-state index contributed by atoms with van der Waals surface area (Å²) in [5, 5.41) is 7.29. The molecule has 0 spiro atoms. The summed E-state index contributed by atoms with van der Waals surface area (Å²) in [4.78, 5) is 2.35. The van der Waals surface area contributed by atoms with Crippen molar-refractivity contribution in [2.75, 3.05) is 32.7 Å². The molecule has 21 heavy (non-hydrogen) atoms. The van der Waals surface area contributed by atoms with Crippen LogP contribution in [0.2, 0.25) is 0 Å². The lowest BCUT2D eigenvalue weighted by Crippen LogP contribution is -2.50. The van der Waals surface area contributed by atoms with Crippen LogP contribution in [0.4, 0.5) is 0 Å². The van der Waals surface area contributed by atoms with Gasteiger partial charge in [0.05, 0.1) is 11.4 Å². The summed E-state index contributed by atoms with van der Waals surface area (Å²) in [6.07, 6.45) is 0. The Balaban J connectivity index is 2.11. The van der Waals surface area contributed by atoms with E-state index < -0.39 is 10.0 Å². The van der Waals surface area contributed by atoms with Gasteiger partial charge in [0, 0.05) is 26.2 Å². The van der Waals surface area contributed by atoms with E-state index in [0.717, 1.165) is 11.1 Å². The van der Waals surface area contributed by atoms with Crippen LogP contribution in [0.3, 0.4) is 0 Å². The van der Waals surface area contributed by atoms with Gasteiger partial charge in [-0.2, -0.15) is 4.31 Å². The molecule has 0 atom stereocenters. The molecule has 3 N–H and O–H groups in total. The Bertz CT molecular complexity index is 634. The molecule has 0 aliphatic carbocycles. The molecular formula is C14H22N4O2S. The van der Waals surface area contributed by atoms with Crippen LogP contribution < -0.4 is 5.73 Å². The summed E-state index contributed by atoms with van der Waals surface area (Å²) >= 11 is 0. The molecule has 0 amide bonds. The molecule has 1 saturated heterocycles. The van der Waals surface area contributed by atoms with Crippen LogP contribution in [0.5, 0.6) is 0 Å². The van der Waals surface area contributed by atoms with Gasteiger partial charge >= 0.3 is 0 Å². The number of nitrogens with one attached hydrogen (secondary N) is 1. The Morgan fingerprint density at radius 3 is 2.33 bits per heavy atom. The zero-order valence-electron chi connectivity index (χ0n) is 12.5. The number of benzene rings is 1. The molecule has 1 aliphatic rings. The molecule has 2 rings (SSSR count). The Hall–Kier alpha value is -1.44.